The van der Waals surface area contributed by atoms with Gasteiger partial charge in [0.05, 0.1) is 24.6 Å². The van der Waals surface area contributed by atoms with E-state index in [9.17, 15) is 9.59 Å². The van der Waals surface area contributed by atoms with Crippen molar-refractivity contribution in [3.05, 3.63) is 22.6 Å². The molecule has 0 spiro atoms. The van der Waals surface area contributed by atoms with Gasteiger partial charge in [0.25, 0.3) is 5.56 Å². The summed E-state index contributed by atoms with van der Waals surface area (Å²) in [4.78, 5) is 26.0. The number of aryl methyl sites for hydroxylation is 1. The molecule has 1 aromatic rings. The second kappa shape index (κ2) is 8.44. The van der Waals surface area contributed by atoms with E-state index in [0.29, 0.717) is 32.9 Å². The minimum Gasteiger partial charge on any atom is -0.381 e. The number of aromatic nitrogens is 2. The molecule has 0 bridgehead atoms. The highest BCUT2D eigenvalue weighted by atomic mass is 16.5. The molecule has 0 aliphatic carbocycles. The van der Waals surface area contributed by atoms with Crippen molar-refractivity contribution in [3.8, 4) is 0 Å². The molecule has 0 aromatic carbocycles. The van der Waals surface area contributed by atoms with Crippen LogP contribution in [0.1, 0.15) is 19.3 Å². The zero-order valence-corrected chi connectivity index (χ0v) is 14.6. The average molecular weight is 350 g/mol. The topological polar surface area (TPSA) is 85.7 Å². The number of morpholine rings is 1. The molecule has 3 rings (SSSR count). The predicted molar refractivity (Wildman–Crippen MR) is 92.6 cm³/mol. The molecular weight excluding hydrogens is 324 g/mol. The number of nitrogens with zero attached hydrogens (tertiary/aromatic N) is 3. The van der Waals surface area contributed by atoms with E-state index in [2.05, 4.69) is 15.3 Å². The smallest absolute Gasteiger partial charge is 0.268 e. The maximum Gasteiger partial charge on any atom is 0.268 e. The van der Waals surface area contributed by atoms with Gasteiger partial charge in [-0.25, -0.2) is 4.68 Å². The molecular formula is C17H26N4O4. The lowest BCUT2D eigenvalue weighted by atomic mass is 9.99. The third kappa shape index (κ3) is 4.79. The summed E-state index contributed by atoms with van der Waals surface area (Å²) < 4.78 is 12.4. The second-order valence-electron chi connectivity index (χ2n) is 6.58. The Balaban J connectivity index is 1.46. The van der Waals surface area contributed by atoms with E-state index in [4.69, 9.17) is 9.47 Å². The summed E-state index contributed by atoms with van der Waals surface area (Å²) in [6, 6.07) is 1.60. The van der Waals surface area contributed by atoms with Gasteiger partial charge in [0.1, 0.15) is 0 Å². The Morgan fingerprint density at radius 2 is 2.16 bits per heavy atom. The van der Waals surface area contributed by atoms with E-state index in [0.717, 1.165) is 31.5 Å². The zero-order valence-electron chi connectivity index (χ0n) is 14.6. The van der Waals surface area contributed by atoms with Crippen molar-refractivity contribution in [3.63, 3.8) is 0 Å². The standard InChI is InChI=1S/C17H26N4O4/c1-20-16(22)10-14(11-19-20)21-6-9-25-15(12-21)2-5-18-17(23)13-3-7-24-8-4-13/h10-11,13,15H,2-9,12H2,1H3,(H,18,23)/t15-/m1/s1. The van der Waals surface area contributed by atoms with E-state index in [1.807, 2.05) is 0 Å². The molecule has 0 unspecified atom stereocenters. The van der Waals surface area contributed by atoms with Crippen LogP contribution < -0.4 is 15.8 Å². The Morgan fingerprint density at radius 1 is 1.36 bits per heavy atom. The summed E-state index contributed by atoms with van der Waals surface area (Å²) in [6.45, 7) is 3.98. The third-order valence-corrected chi connectivity index (χ3v) is 4.82. The molecule has 1 amide bonds. The molecule has 8 nitrogen and oxygen atoms in total. The van der Waals surface area contributed by atoms with Gasteiger partial charge in [0.2, 0.25) is 5.91 Å². The first-order chi connectivity index (χ1) is 12.1. The largest absolute Gasteiger partial charge is 0.381 e. The molecule has 1 atom stereocenters. The van der Waals surface area contributed by atoms with Crippen LogP contribution in [0.25, 0.3) is 0 Å². The van der Waals surface area contributed by atoms with Crippen molar-refractivity contribution in [2.45, 2.75) is 25.4 Å². The second-order valence-corrected chi connectivity index (χ2v) is 6.58. The van der Waals surface area contributed by atoms with Crippen molar-refractivity contribution in [1.82, 2.24) is 15.1 Å². The summed E-state index contributed by atoms with van der Waals surface area (Å²) in [5.74, 6) is 0.191. The Hall–Kier alpha value is -1.93. The minimum absolute atomic E-state index is 0.0350. The molecule has 3 heterocycles. The predicted octanol–water partition coefficient (Wildman–Crippen LogP) is -0.0816. The number of nitrogens with one attached hydrogen (secondary N) is 1. The van der Waals surface area contributed by atoms with Gasteiger partial charge in [-0.05, 0) is 19.3 Å². The monoisotopic (exact) mass is 350 g/mol. The summed E-state index contributed by atoms with van der Waals surface area (Å²) in [5, 5.41) is 7.08. The Labute approximate surface area is 147 Å². The fourth-order valence-electron chi connectivity index (χ4n) is 3.22. The van der Waals surface area contributed by atoms with E-state index >= 15 is 0 Å². The van der Waals surface area contributed by atoms with Gasteiger partial charge in [-0.3, -0.25) is 9.59 Å². The van der Waals surface area contributed by atoms with Gasteiger partial charge in [0, 0.05) is 51.9 Å². The molecule has 138 valence electrons. The molecule has 0 radical (unpaired) electrons. The number of ether oxygens (including phenoxy) is 2. The van der Waals surface area contributed by atoms with E-state index in [1.54, 1.807) is 19.3 Å². The highest BCUT2D eigenvalue weighted by Crippen LogP contribution is 2.17. The number of amides is 1. The quantitative estimate of drug-likeness (QED) is 0.799. The molecule has 8 heteroatoms. The van der Waals surface area contributed by atoms with Crippen molar-refractivity contribution in [2.24, 2.45) is 13.0 Å². The first-order valence-electron chi connectivity index (χ1n) is 8.89. The maximum absolute atomic E-state index is 12.1. The number of rotatable bonds is 5. The zero-order chi connectivity index (χ0) is 17.6. The average Bonchev–Trinajstić information content (AvgIpc) is 2.65. The molecule has 1 aromatic heterocycles. The fraction of sp³-hybridized carbons (Fsp3) is 0.706. The lowest BCUT2D eigenvalue weighted by Gasteiger charge is -2.34. The first-order valence-corrected chi connectivity index (χ1v) is 8.89. The van der Waals surface area contributed by atoms with Crippen LogP contribution in [0.4, 0.5) is 5.69 Å². The van der Waals surface area contributed by atoms with E-state index in [1.165, 1.54) is 4.68 Å². The van der Waals surface area contributed by atoms with Gasteiger partial charge in [-0.2, -0.15) is 5.10 Å². The molecule has 25 heavy (non-hydrogen) atoms. The van der Waals surface area contributed by atoms with Crippen LogP contribution in [0.2, 0.25) is 0 Å². The van der Waals surface area contributed by atoms with Gasteiger partial charge in [-0.15, -0.1) is 0 Å². The third-order valence-electron chi connectivity index (χ3n) is 4.82. The summed E-state index contributed by atoms with van der Waals surface area (Å²) in [7, 11) is 1.63. The summed E-state index contributed by atoms with van der Waals surface area (Å²) in [6.07, 6.45) is 4.10. The van der Waals surface area contributed by atoms with Crippen molar-refractivity contribution < 1.29 is 14.3 Å². The lowest BCUT2D eigenvalue weighted by Crippen LogP contribution is -2.44. The van der Waals surface area contributed by atoms with Crippen LogP contribution in [-0.4, -0.2) is 61.2 Å². The SMILES string of the molecule is Cn1ncc(N2CCO[C@H](CCNC(=O)C3CCOCC3)C2)cc1=O. The minimum atomic E-state index is -0.121. The van der Waals surface area contributed by atoms with Gasteiger partial charge >= 0.3 is 0 Å². The fourth-order valence-corrected chi connectivity index (χ4v) is 3.22. The number of carbonyl (C=O) groups excluding carboxylic acids is 1. The molecule has 2 saturated heterocycles. The van der Waals surface area contributed by atoms with Crippen LogP contribution in [0.5, 0.6) is 0 Å². The molecule has 2 fully saturated rings. The molecule has 0 saturated carbocycles. The van der Waals surface area contributed by atoms with E-state index in [-0.39, 0.29) is 23.5 Å². The van der Waals surface area contributed by atoms with Crippen LogP contribution in [-0.2, 0) is 21.3 Å². The first kappa shape index (κ1) is 17.9. The van der Waals surface area contributed by atoms with Crippen LogP contribution in [0, 0.1) is 5.92 Å². The Morgan fingerprint density at radius 3 is 2.92 bits per heavy atom. The van der Waals surface area contributed by atoms with Crippen LogP contribution in [0.3, 0.4) is 0 Å². The normalized spacial score (nSPS) is 22.0. The number of carbonyl (C=O) groups is 1. The maximum atomic E-state index is 12.1. The van der Waals surface area contributed by atoms with Gasteiger partial charge < -0.3 is 19.7 Å². The van der Waals surface area contributed by atoms with Crippen LogP contribution in [0.15, 0.2) is 17.1 Å². The number of anilines is 1. The van der Waals surface area contributed by atoms with Crippen molar-refractivity contribution in [2.75, 3.05) is 44.4 Å². The summed E-state index contributed by atoms with van der Waals surface area (Å²) >= 11 is 0. The Kier molecular flexibility index (Phi) is 6.04. The van der Waals surface area contributed by atoms with E-state index < -0.39 is 0 Å². The Bertz CT molecular complexity index is 642. The van der Waals surface area contributed by atoms with Crippen LogP contribution >= 0.6 is 0 Å². The molecule has 1 N–H and O–H groups in total. The molecule has 2 aliphatic heterocycles. The lowest BCUT2D eigenvalue weighted by molar-refractivity contribution is -0.127. The highest BCUT2D eigenvalue weighted by molar-refractivity contribution is 5.78. The van der Waals surface area contributed by atoms with Gasteiger partial charge in [-0.1, -0.05) is 0 Å². The summed E-state index contributed by atoms with van der Waals surface area (Å²) in [5.41, 5.74) is 0.701. The van der Waals surface area contributed by atoms with Crippen molar-refractivity contribution in [1.29, 1.82) is 0 Å². The van der Waals surface area contributed by atoms with Gasteiger partial charge in [0.15, 0.2) is 0 Å². The molecule has 2 aliphatic rings. The highest BCUT2D eigenvalue weighted by Gasteiger charge is 2.23. The number of hydrogen-bond acceptors (Lipinski definition) is 6. The van der Waals surface area contributed by atoms with Crippen molar-refractivity contribution >= 4 is 11.6 Å². The number of hydrogen-bond donors (Lipinski definition) is 1.